The van der Waals surface area contributed by atoms with E-state index in [1.54, 1.807) is 62.3 Å². The van der Waals surface area contributed by atoms with Crippen LogP contribution in [0.2, 0.25) is 0 Å². The summed E-state index contributed by atoms with van der Waals surface area (Å²) in [5, 5.41) is 13.1. The van der Waals surface area contributed by atoms with Gasteiger partial charge in [0.2, 0.25) is 0 Å². The number of carboxylic acids is 1. The Labute approximate surface area is 285 Å². The lowest BCUT2D eigenvalue weighted by molar-refractivity contribution is -0.137. The molecule has 0 radical (unpaired) electrons. The van der Waals surface area contributed by atoms with E-state index in [0.717, 1.165) is 23.0 Å². The molecule has 0 saturated carbocycles. The summed E-state index contributed by atoms with van der Waals surface area (Å²) in [6, 6.07) is 11.7. The molecule has 10 heteroatoms. The number of alkyl halides is 1. The number of halogens is 3. The highest BCUT2D eigenvalue weighted by molar-refractivity contribution is 5.76. The molecule has 7 nitrogen and oxygen atoms in total. The van der Waals surface area contributed by atoms with Crippen LogP contribution in [0.25, 0.3) is 11.1 Å². The van der Waals surface area contributed by atoms with Crippen molar-refractivity contribution in [2.45, 2.75) is 58.5 Å². The van der Waals surface area contributed by atoms with Gasteiger partial charge in [-0.3, -0.25) is 14.5 Å². The Balaban J connectivity index is 1.65. The summed E-state index contributed by atoms with van der Waals surface area (Å²) in [5.41, 5.74) is 5.12. The number of allylic oxidation sites excluding steroid dienone is 2. The lowest BCUT2D eigenvalue weighted by Crippen LogP contribution is -2.48. The first-order valence-electron chi connectivity index (χ1n) is 16.2. The standard InChI is InChI=1S/C39H42F3N3O4/c1-23(21-46)13-27(11-12-45-19-30(40)20-45)18-44(5)39-26(4)43-34(17-36(47)48)32-16-29(14-25(3)38(32)42)37-24(2)7-6-8-35(37)49-22-28-9-10-33(41)31(39)15-28/h6-10,13-16,18,21,30,34,39,43H,4,11-12,17,19-20,22H2,1-3,5H3,(H,47,48)/b23-13-,27-18-/t34-,39?/m0/s1. The molecule has 49 heavy (non-hydrogen) atoms. The van der Waals surface area contributed by atoms with Crippen LogP contribution in [0, 0.1) is 25.5 Å². The number of aldehydes is 1. The van der Waals surface area contributed by atoms with Gasteiger partial charge in [0.25, 0.3) is 0 Å². The topological polar surface area (TPSA) is 82.1 Å². The third-order valence-electron chi connectivity index (χ3n) is 9.00. The maximum absolute atomic E-state index is 16.0. The lowest BCUT2D eigenvalue weighted by Gasteiger charge is -2.35. The van der Waals surface area contributed by atoms with E-state index in [-0.39, 0.29) is 23.4 Å². The summed E-state index contributed by atoms with van der Waals surface area (Å²) in [4.78, 5) is 27.5. The number of hydrogen-bond acceptors (Lipinski definition) is 6. The molecule has 0 spiro atoms. The molecule has 2 aliphatic heterocycles. The van der Waals surface area contributed by atoms with E-state index in [1.165, 1.54) is 6.07 Å². The highest BCUT2D eigenvalue weighted by Crippen LogP contribution is 2.39. The summed E-state index contributed by atoms with van der Waals surface area (Å²) in [5.74, 6) is -1.71. The fourth-order valence-corrected chi connectivity index (χ4v) is 6.56. The van der Waals surface area contributed by atoms with E-state index in [4.69, 9.17) is 4.74 Å². The highest BCUT2D eigenvalue weighted by atomic mass is 19.1. The normalized spacial score (nSPS) is 18.8. The summed E-state index contributed by atoms with van der Waals surface area (Å²) >= 11 is 0. The number of nitrogens with one attached hydrogen (secondary N) is 1. The van der Waals surface area contributed by atoms with Crippen LogP contribution in [0.3, 0.4) is 0 Å². The predicted octanol–water partition coefficient (Wildman–Crippen LogP) is 7.51. The Hall–Kier alpha value is -4.83. The Bertz CT molecular complexity index is 1820. The molecule has 2 N–H and O–H groups in total. The Morgan fingerprint density at radius 3 is 2.57 bits per heavy atom. The van der Waals surface area contributed by atoms with Crippen LogP contribution in [-0.2, 0) is 16.2 Å². The molecule has 1 saturated heterocycles. The van der Waals surface area contributed by atoms with E-state index in [9.17, 15) is 19.1 Å². The van der Waals surface area contributed by atoms with Crippen molar-refractivity contribution >= 4 is 12.3 Å². The number of benzene rings is 3. The molecule has 2 atom stereocenters. The summed E-state index contributed by atoms with van der Waals surface area (Å²) in [6.45, 7) is 10.8. The average Bonchev–Trinajstić information content (AvgIpc) is 3.03. The van der Waals surface area contributed by atoms with Gasteiger partial charge >= 0.3 is 5.97 Å². The molecule has 1 fully saturated rings. The largest absolute Gasteiger partial charge is 0.488 e. The van der Waals surface area contributed by atoms with E-state index in [1.807, 2.05) is 30.0 Å². The maximum Gasteiger partial charge on any atom is 0.305 e. The molecule has 4 bridgehead atoms. The van der Waals surface area contributed by atoms with Crippen LogP contribution in [0.1, 0.15) is 59.7 Å². The van der Waals surface area contributed by atoms with E-state index in [0.29, 0.717) is 54.1 Å². The summed E-state index contributed by atoms with van der Waals surface area (Å²) < 4.78 is 51.7. The second-order valence-electron chi connectivity index (χ2n) is 13.0. The second kappa shape index (κ2) is 15.2. The molecule has 0 aromatic heterocycles. The van der Waals surface area contributed by atoms with Crippen LogP contribution in [-0.4, -0.2) is 60.0 Å². The molecule has 1 unspecified atom stereocenters. The highest BCUT2D eigenvalue weighted by Gasteiger charge is 2.30. The van der Waals surface area contributed by atoms with Crippen LogP contribution >= 0.6 is 0 Å². The van der Waals surface area contributed by atoms with E-state index < -0.39 is 42.3 Å². The number of aliphatic carboxylic acids is 1. The number of aryl methyl sites for hydroxylation is 2. The number of carbonyl (C=O) groups excluding carboxylic acids is 1. The summed E-state index contributed by atoms with van der Waals surface area (Å²) in [6.07, 6.45) is 3.39. The predicted molar refractivity (Wildman–Crippen MR) is 184 cm³/mol. The van der Waals surface area contributed by atoms with Gasteiger partial charge in [0.1, 0.15) is 36.4 Å². The molecule has 5 rings (SSSR count). The van der Waals surface area contributed by atoms with Gasteiger partial charge in [0.15, 0.2) is 0 Å². The minimum atomic E-state index is -1.16. The van der Waals surface area contributed by atoms with Crippen molar-refractivity contribution in [2.24, 2.45) is 0 Å². The van der Waals surface area contributed by atoms with Gasteiger partial charge in [0, 0.05) is 55.3 Å². The third-order valence-corrected chi connectivity index (χ3v) is 9.00. The average molecular weight is 674 g/mol. The van der Waals surface area contributed by atoms with Gasteiger partial charge in [0.05, 0.1) is 18.5 Å². The van der Waals surface area contributed by atoms with Crippen molar-refractivity contribution in [3.05, 3.63) is 124 Å². The Morgan fingerprint density at radius 2 is 1.88 bits per heavy atom. The number of likely N-dealkylation sites (N-methyl/N-ethyl adjacent to an activating group) is 1. The van der Waals surface area contributed by atoms with Gasteiger partial charge < -0.3 is 20.1 Å². The maximum atomic E-state index is 16.0. The molecule has 258 valence electrons. The zero-order valence-electron chi connectivity index (χ0n) is 28.2. The minimum Gasteiger partial charge on any atom is -0.488 e. The second-order valence-corrected chi connectivity index (χ2v) is 13.0. The smallest absolute Gasteiger partial charge is 0.305 e. The van der Waals surface area contributed by atoms with Crippen molar-refractivity contribution in [2.75, 3.05) is 26.7 Å². The number of ether oxygens (including phenoxy) is 1. The van der Waals surface area contributed by atoms with Crippen molar-refractivity contribution in [3.8, 4) is 16.9 Å². The van der Waals surface area contributed by atoms with Gasteiger partial charge in [-0.25, -0.2) is 13.2 Å². The SMILES string of the molecule is C=C1N[C@@H](CC(=O)O)c2cc(cc(C)c2F)-c2c(C)cccc2OCc2ccc(F)c(c2)C1N(C)/C=C(\C=C(\C)C=O)CCN1CC(F)C1. The summed E-state index contributed by atoms with van der Waals surface area (Å²) in [7, 11) is 1.73. The third kappa shape index (κ3) is 8.25. The zero-order valence-corrected chi connectivity index (χ0v) is 28.2. The number of rotatable bonds is 9. The van der Waals surface area contributed by atoms with Gasteiger partial charge in [-0.15, -0.1) is 0 Å². The zero-order chi connectivity index (χ0) is 35.4. The molecular weight excluding hydrogens is 631 g/mol. The molecule has 0 amide bonds. The van der Waals surface area contributed by atoms with Crippen molar-refractivity contribution in [1.29, 1.82) is 0 Å². The number of fused-ring (bicyclic) bond motifs is 6. The van der Waals surface area contributed by atoms with Gasteiger partial charge in [-0.2, -0.15) is 0 Å². The molecule has 3 aromatic carbocycles. The minimum absolute atomic E-state index is 0.114. The fourth-order valence-electron chi connectivity index (χ4n) is 6.56. The lowest BCUT2D eigenvalue weighted by atomic mass is 9.91. The number of nitrogens with zero attached hydrogens (tertiary/aromatic N) is 2. The molecule has 2 aliphatic rings. The monoisotopic (exact) mass is 673 g/mol. The van der Waals surface area contributed by atoms with Crippen LogP contribution in [0.5, 0.6) is 5.75 Å². The van der Waals surface area contributed by atoms with Crippen LogP contribution < -0.4 is 10.1 Å². The number of carboxylic acid groups (broad SMARTS) is 1. The molecule has 3 aromatic rings. The van der Waals surface area contributed by atoms with Crippen LogP contribution in [0.4, 0.5) is 13.2 Å². The number of carbonyl (C=O) groups is 2. The molecular formula is C39H42F3N3O4. The number of hydrogen-bond donors (Lipinski definition) is 2. The first-order chi connectivity index (χ1) is 23.3. The first kappa shape index (κ1) is 35.5. The van der Waals surface area contributed by atoms with Crippen molar-refractivity contribution in [1.82, 2.24) is 15.1 Å². The number of likely N-dealkylation sites (tertiary alicyclic amines) is 1. The Morgan fingerprint density at radius 1 is 1.12 bits per heavy atom. The van der Waals surface area contributed by atoms with E-state index >= 15 is 8.78 Å². The van der Waals surface area contributed by atoms with Crippen molar-refractivity contribution in [3.63, 3.8) is 0 Å². The van der Waals surface area contributed by atoms with Crippen LogP contribution in [0.15, 0.2) is 84.2 Å². The van der Waals surface area contributed by atoms with Gasteiger partial charge in [-0.05, 0) is 90.9 Å². The molecule has 0 aliphatic carbocycles. The quantitative estimate of drug-likeness (QED) is 0.138. The van der Waals surface area contributed by atoms with E-state index in [2.05, 4.69) is 11.9 Å². The first-order valence-corrected chi connectivity index (χ1v) is 16.2. The Kier molecular flexibility index (Phi) is 11.0. The van der Waals surface area contributed by atoms with Gasteiger partial charge in [-0.1, -0.05) is 30.9 Å². The van der Waals surface area contributed by atoms with Crippen molar-refractivity contribution < 1.29 is 32.6 Å². The molecule has 2 heterocycles. The fraction of sp³-hybridized carbons (Fsp3) is 0.333.